The average Bonchev–Trinajstić information content (AvgIpc) is 2.58. The molecule has 1 aromatic rings. The lowest BCUT2D eigenvalue weighted by Crippen LogP contribution is -2.22. The van der Waals surface area contributed by atoms with Crippen molar-refractivity contribution in [2.75, 3.05) is 0 Å². The minimum atomic E-state index is -0.496. The Labute approximate surface area is 111 Å². The van der Waals surface area contributed by atoms with Crippen LogP contribution in [0, 0.1) is 0 Å². The molecular weight excluding hydrogens is 244 g/mol. The molecule has 1 aliphatic heterocycles. The smallest absolute Gasteiger partial charge is 0.326 e. The fraction of sp³-hybridized carbons (Fsp3) is 0.286. The summed E-state index contributed by atoms with van der Waals surface area (Å²) in [5, 5.41) is 4.58. The van der Waals surface area contributed by atoms with E-state index in [4.69, 9.17) is 4.74 Å². The Morgan fingerprint density at radius 1 is 1.05 bits per heavy atom. The molecule has 1 saturated heterocycles. The summed E-state index contributed by atoms with van der Waals surface area (Å²) in [6.07, 6.45) is 1.61. The minimum Gasteiger partial charge on any atom is -0.488 e. The molecule has 1 fully saturated rings. The van der Waals surface area contributed by atoms with Gasteiger partial charge in [0.25, 0.3) is 5.91 Å². The summed E-state index contributed by atoms with van der Waals surface area (Å²) < 4.78 is 5.70. The molecule has 0 spiro atoms. The van der Waals surface area contributed by atoms with E-state index in [0.29, 0.717) is 0 Å². The zero-order valence-electron chi connectivity index (χ0n) is 11.1. The Hall–Kier alpha value is -2.30. The van der Waals surface area contributed by atoms with Crippen LogP contribution in [-0.4, -0.2) is 17.5 Å². The molecule has 0 aromatic heterocycles. The number of ether oxygens (including phenoxy) is 1. The molecular formula is C14H16N2O3. The topological polar surface area (TPSA) is 67.4 Å². The number of imide groups is 1. The van der Waals surface area contributed by atoms with Gasteiger partial charge in [0.05, 0.1) is 0 Å². The number of nitrogens with one attached hydrogen (secondary N) is 2. The minimum absolute atomic E-state index is 0.245. The van der Waals surface area contributed by atoms with E-state index in [2.05, 4.69) is 10.6 Å². The van der Waals surface area contributed by atoms with E-state index in [-0.39, 0.29) is 11.3 Å². The van der Waals surface area contributed by atoms with Crippen molar-refractivity contribution < 1.29 is 14.3 Å². The number of hydrogen-bond donors (Lipinski definition) is 2. The van der Waals surface area contributed by atoms with Crippen LogP contribution in [0.4, 0.5) is 4.79 Å². The fourth-order valence-corrected chi connectivity index (χ4v) is 1.63. The first-order valence-electron chi connectivity index (χ1n) is 5.97. The quantitative estimate of drug-likeness (QED) is 0.631. The van der Waals surface area contributed by atoms with Gasteiger partial charge in [0, 0.05) is 0 Å². The molecule has 0 unspecified atom stereocenters. The number of benzene rings is 1. The highest BCUT2D eigenvalue weighted by Crippen LogP contribution is 2.19. The van der Waals surface area contributed by atoms with Gasteiger partial charge < -0.3 is 10.1 Å². The predicted molar refractivity (Wildman–Crippen MR) is 71.5 cm³/mol. The number of urea groups is 1. The Bertz CT molecular complexity index is 539. The van der Waals surface area contributed by atoms with Crippen molar-refractivity contribution in [3.8, 4) is 5.75 Å². The molecule has 0 saturated carbocycles. The van der Waals surface area contributed by atoms with Gasteiger partial charge in [-0.25, -0.2) is 4.79 Å². The van der Waals surface area contributed by atoms with Crippen LogP contribution in [0.1, 0.15) is 26.3 Å². The molecule has 1 aliphatic rings. The SMILES string of the molecule is CC(C)(C)Oc1ccc(C=C2NC(=O)NC2=O)cc1. The molecule has 2 N–H and O–H groups in total. The lowest BCUT2D eigenvalue weighted by atomic mass is 10.1. The molecule has 2 rings (SSSR count). The summed E-state index contributed by atoms with van der Waals surface area (Å²) in [7, 11) is 0. The molecule has 5 heteroatoms. The van der Waals surface area contributed by atoms with Crippen LogP contribution in [-0.2, 0) is 4.79 Å². The highest BCUT2D eigenvalue weighted by Gasteiger charge is 2.22. The van der Waals surface area contributed by atoms with Crippen LogP contribution in [0.5, 0.6) is 5.75 Å². The summed E-state index contributed by atoms with van der Waals surface area (Å²) in [4.78, 5) is 22.3. The lowest BCUT2D eigenvalue weighted by molar-refractivity contribution is -0.115. The second-order valence-electron chi connectivity index (χ2n) is 5.25. The van der Waals surface area contributed by atoms with Gasteiger partial charge in [-0.3, -0.25) is 10.1 Å². The molecule has 1 aromatic carbocycles. The molecule has 0 aliphatic carbocycles. The Morgan fingerprint density at radius 2 is 1.68 bits per heavy atom. The normalized spacial score (nSPS) is 17.3. The maximum Gasteiger partial charge on any atom is 0.326 e. The van der Waals surface area contributed by atoms with Crippen molar-refractivity contribution in [1.29, 1.82) is 0 Å². The fourth-order valence-electron chi connectivity index (χ4n) is 1.63. The van der Waals surface area contributed by atoms with Crippen molar-refractivity contribution in [3.05, 3.63) is 35.5 Å². The van der Waals surface area contributed by atoms with Gasteiger partial charge in [-0.15, -0.1) is 0 Å². The maximum absolute atomic E-state index is 11.4. The van der Waals surface area contributed by atoms with Gasteiger partial charge in [0.15, 0.2) is 0 Å². The molecule has 100 valence electrons. The lowest BCUT2D eigenvalue weighted by Gasteiger charge is -2.21. The first-order valence-corrected chi connectivity index (χ1v) is 5.97. The molecule has 3 amide bonds. The second kappa shape index (κ2) is 4.76. The first-order chi connectivity index (χ1) is 8.83. The van der Waals surface area contributed by atoms with Crippen LogP contribution in [0.15, 0.2) is 30.0 Å². The molecule has 1 heterocycles. The maximum atomic E-state index is 11.4. The van der Waals surface area contributed by atoms with Crippen molar-refractivity contribution in [2.24, 2.45) is 0 Å². The van der Waals surface area contributed by atoms with Crippen LogP contribution < -0.4 is 15.4 Å². The summed E-state index contributed by atoms with van der Waals surface area (Å²) in [5.41, 5.74) is 0.808. The van der Waals surface area contributed by atoms with Crippen molar-refractivity contribution in [3.63, 3.8) is 0 Å². The number of hydrogen-bond acceptors (Lipinski definition) is 3. The van der Waals surface area contributed by atoms with Crippen LogP contribution in [0.25, 0.3) is 6.08 Å². The zero-order chi connectivity index (χ0) is 14.0. The largest absolute Gasteiger partial charge is 0.488 e. The third-order valence-electron chi connectivity index (χ3n) is 2.34. The van der Waals surface area contributed by atoms with Gasteiger partial charge >= 0.3 is 6.03 Å². The van der Waals surface area contributed by atoms with Gasteiger partial charge in [0.2, 0.25) is 0 Å². The number of carbonyl (C=O) groups is 2. The highest BCUT2D eigenvalue weighted by atomic mass is 16.5. The van der Waals surface area contributed by atoms with E-state index in [1.54, 1.807) is 6.08 Å². The number of amides is 3. The number of rotatable bonds is 2. The standard InChI is InChI=1S/C14H16N2O3/c1-14(2,3)19-10-6-4-9(5-7-10)8-11-12(17)16-13(18)15-11/h4-8H,1-3H3,(H2,15,16,17,18). The summed E-state index contributed by atoms with van der Waals surface area (Å²) in [6, 6.07) is 6.81. The average molecular weight is 260 g/mol. The molecule has 5 nitrogen and oxygen atoms in total. The van der Waals surface area contributed by atoms with Gasteiger partial charge in [0.1, 0.15) is 17.0 Å². The van der Waals surface area contributed by atoms with Gasteiger partial charge in [-0.1, -0.05) is 12.1 Å². The summed E-state index contributed by atoms with van der Waals surface area (Å²) in [5.74, 6) is 0.342. The Balaban J connectivity index is 2.13. The van der Waals surface area contributed by atoms with Crippen molar-refractivity contribution >= 4 is 18.0 Å². The van der Waals surface area contributed by atoms with Crippen molar-refractivity contribution in [2.45, 2.75) is 26.4 Å². The Kier molecular flexibility index (Phi) is 3.29. The molecule has 19 heavy (non-hydrogen) atoms. The van der Waals surface area contributed by atoms with E-state index in [0.717, 1.165) is 11.3 Å². The monoisotopic (exact) mass is 260 g/mol. The summed E-state index contributed by atoms with van der Waals surface area (Å²) in [6.45, 7) is 5.92. The third kappa shape index (κ3) is 3.58. The molecule has 0 bridgehead atoms. The molecule has 0 radical (unpaired) electrons. The number of carbonyl (C=O) groups excluding carboxylic acids is 2. The van der Waals surface area contributed by atoms with E-state index in [1.165, 1.54) is 0 Å². The van der Waals surface area contributed by atoms with Crippen LogP contribution >= 0.6 is 0 Å². The van der Waals surface area contributed by atoms with Gasteiger partial charge in [-0.2, -0.15) is 0 Å². The second-order valence-corrected chi connectivity index (χ2v) is 5.25. The Morgan fingerprint density at radius 3 is 2.16 bits per heavy atom. The van der Waals surface area contributed by atoms with Gasteiger partial charge in [-0.05, 0) is 44.5 Å². The van der Waals surface area contributed by atoms with E-state index < -0.39 is 11.9 Å². The van der Waals surface area contributed by atoms with Crippen LogP contribution in [0.2, 0.25) is 0 Å². The third-order valence-corrected chi connectivity index (χ3v) is 2.34. The van der Waals surface area contributed by atoms with E-state index in [1.807, 2.05) is 45.0 Å². The van der Waals surface area contributed by atoms with Crippen molar-refractivity contribution in [1.82, 2.24) is 10.6 Å². The summed E-state index contributed by atoms with van der Waals surface area (Å²) >= 11 is 0. The highest BCUT2D eigenvalue weighted by molar-refractivity contribution is 6.13. The zero-order valence-corrected chi connectivity index (χ0v) is 11.1. The predicted octanol–water partition coefficient (Wildman–Crippen LogP) is 2.04. The first kappa shape index (κ1) is 13.1. The van der Waals surface area contributed by atoms with Crippen LogP contribution in [0.3, 0.4) is 0 Å². The molecule has 0 atom stereocenters. The van der Waals surface area contributed by atoms with E-state index in [9.17, 15) is 9.59 Å². The van der Waals surface area contributed by atoms with E-state index >= 15 is 0 Å².